The number of Topliss-reactive ketones (excluding diaryl/α,β-unsaturated/α-hetero) is 1. The van der Waals surface area contributed by atoms with Crippen molar-refractivity contribution in [3.05, 3.63) is 58.2 Å². The van der Waals surface area contributed by atoms with E-state index in [1.54, 1.807) is 4.90 Å². The molecule has 0 amide bonds. The van der Waals surface area contributed by atoms with Gasteiger partial charge in [0.05, 0.1) is 23.0 Å². The van der Waals surface area contributed by atoms with Gasteiger partial charge in [-0.15, -0.1) is 0 Å². The van der Waals surface area contributed by atoms with E-state index in [1.807, 2.05) is 30.3 Å². The lowest BCUT2D eigenvalue weighted by Crippen LogP contribution is -2.46. The van der Waals surface area contributed by atoms with Crippen molar-refractivity contribution in [2.45, 2.75) is 37.9 Å². The summed E-state index contributed by atoms with van der Waals surface area (Å²) in [5.41, 5.74) is -0.0408. The fourth-order valence-corrected chi connectivity index (χ4v) is 4.56. The first kappa shape index (κ1) is 21.7. The van der Waals surface area contributed by atoms with Crippen LogP contribution in [0.2, 0.25) is 5.02 Å². The van der Waals surface area contributed by atoms with Crippen molar-refractivity contribution in [1.29, 1.82) is 0 Å². The fraction of sp³-hybridized carbons (Fsp3) is 0.333. The van der Waals surface area contributed by atoms with Crippen LogP contribution in [-0.2, 0) is 17.4 Å². The van der Waals surface area contributed by atoms with E-state index in [1.165, 1.54) is 11.5 Å². The molecule has 5 nitrogen and oxygen atoms in total. The number of hydrogen-bond donors (Lipinski definition) is 0. The summed E-state index contributed by atoms with van der Waals surface area (Å²) >= 11 is 7.31. The Bertz CT molecular complexity index is 1070. The number of anilines is 1. The van der Waals surface area contributed by atoms with Gasteiger partial charge in [0, 0.05) is 18.3 Å². The normalized spacial score (nSPS) is 17.0. The Balaban J connectivity index is 1.53. The Kier molecular flexibility index (Phi) is 6.24. The van der Waals surface area contributed by atoms with Crippen molar-refractivity contribution >= 4 is 34.7 Å². The zero-order valence-corrected chi connectivity index (χ0v) is 17.8. The van der Waals surface area contributed by atoms with Crippen LogP contribution in [-0.4, -0.2) is 32.7 Å². The lowest BCUT2D eigenvalue weighted by atomic mass is 9.96. The number of rotatable bonds is 5. The van der Waals surface area contributed by atoms with Gasteiger partial charge in [0.25, 0.3) is 0 Å². The molecule has 162 valence electrons. The molecule has 3 aromatic rings. The molecule has 10 heteroatoms. The fourth-order valence-electron chi connectivity index (χ4n) is 3.61. The summed E-state index contributed by atoms with van der Waals surface area (Å²) in [7, 11) is 0. The molecule has 0 spiro atoms. The third-order valence-corrected chi connectivity index (χ3v) is 6.11. The zero-order valence-electron chi connectivity index (χ0n) is 16.3. The van der Waals surface area contributed by atoms with Crippen LogP contribution in [0.4, 0.5) is 19.0 Å². The van der Waals surface area contributed by atoms with Crippen LogP contribution in [0, 0.1) is 0 Å². The highest BCUT2D eigenvalue weighted by Crippen LogP contribution is 2.35. The molecule has 1 aliphatic heterocycles. The van der Waals surface area contributed by atoms with Gasteiger partial charge in [0.2, 0.25) is 0 Å². The van der Waals surface area contributed by atoms with Gasteiger partial charge in [0.1, 0.15) is 10.8 Å². The Morgan fingerprint density at radius 2 is 2.00 bits per heavy atom. The molecule has 0 N–H and O–H groups in total. The van der Waals surface area contributed by atoms with Crippen molar-refractivity contribution in [1.82, 2.24) is 14.3 Å². The van der Waals surface area contributed by atoms with Crippen LogP contribution in [0.3, 0.4) is 0 Å². The number of nitrogens with zero attached hydrogens (tertiary/aromatic N) is 4. The number of pyridine rings is 1. The van der Waals surface area contributed by atoms with Gasteiger partial charge >= 0.3 is 6.18 Å². The topological polar surface area (TPSA) is 59.0 Å². The standard InChI is InChI=1S/C21H18ClF3N4OS/c22-15-10-14(21(23,24)25)12-26-20(15)29-9-5-4-8-16(29)17(30)11-18-27-19(28-31-18)13-6-2-1-3-7-13/h1-3,6-7,10,12,16H,4-5,8-9,11H2/t16-/m0/s1. The summed E-state index contributed by atoms with van der Waals surface area (Å²) in [6, 6.07) is 9.82. The van der Waals surface area contributed by atoms with Gasteiger partial charge in [0.15, 0.2) is 11.6 Å². The van der Waals surface area contributed by atoms with E-state index >= 15 is 0 Å². The number of ketones is 1. The van der Waals surface area contributed by atoms with E-state index in [4.69, 9.17) is 11.6 Å². The SMILES string of the molecule is O=C(Cc1nc(-c2ccccc2)ns1)[C@@H]1CCCCN1c1ncc(C(F)(F)F)cc1Cl. The maximum Gasteiger partial charge on any atom is 0.417 e. The summed E-state index contributed by atoms with van der Waals surface area (Å²) in [6.07, 6.45) is -1.43. The van der Waals surface area contributed by atoms with Crippen LogP contribution in [0.25, 0.3) is 11.4 Å². The molecular formula is C21H18ClF3N4OS. The number of halogens is 4. The molecule has 1 aliphatic rings. The van der Waals surface area contributed by atoms with Gasteiger partial charge in [-0.3, -0.25) is 4.79 Å². The molecule has 0 bridgehead atoms. The number of carbonyl (C=O) groups excluding carboxylic acids is 1. The highest BCUT2D eigenvalue weighted by Gasteiger charge is 2.34. The van der Waals surface area contributed by atoms with E-state index in [9.17, 15) is 18.0 Å². The second-order valence-electron chi connectivity index (χ2n) is 7.25. The summed E-state index contributed by atoms with van der Waals surface area (Å²) in [4.78, 5) is 23.2. The maximum atomic E-state index is 13.1. The summed E-state index contributed by atoms with van der Waals surface area (Å²) < 4.78 is 43.1. The molecule has 0 unspecified atom stereocenters. The van der Waals surface area contributed by atoms with Gasteiger partial charge in [-0.2, -0.15) is 17.5 Å². The average molecular weight is 467 g/mol. The van der Waals surface area contributed by atoms with Crippen molar-refractivity contribution in [3.63, 3.8) is 0 Å². The Labute approximate surface area is 186 Å². The van der Waals surface area contributed by atoms with Gasteiger partial charge in [-0.25, -0.2) is 9.97 Å². The van der Waals surface area contributed by atoms with Gasteiger partial charge in [-0.1, -0.05) is 41.9 Å². The molecule has 1 fully saturated rings. The van der Waals surface area contributed by atoms with Gasteiger partial charge < -0.3 is 4.90 Å². The first-order chi connectivity index (χ1) is 14.8. The molecule has 0 saturated carbocycles. The van der Waals surface area contributed by atoms with E-state index in [2.05, 4.69) is 14.3 Å². The highest BCUT2D eigenvalue weighted by molar-refractivity contribution is 7.05. The lowest BCUT2D eigenvalue weighted by Gasteiger charge is -2.36. The number of piperidine rings is 1. The van der Waals surface area contributed by atoms with Crippen molar-refractivity contribution in [2.24, 2.45) is 0 Å². The second-order valence-corrected chi connectivity index (χ2v) is 8.50. The third kappa shape index (κ3) is 4.88. The number of aromatic nitrogens is 3. The number of alkyl halides is 3. The minimum atomic E-state index is -4.53. The first-order valence-corrected chi connectivity index (χ1v) is 10.9. The molecule has 1 aromatic carbocycles. The van der Waals surface area contributed by atoms with Crippen LogP contribution in [0.1, 0.15) is 29.8 Å². The van der Waals surface area contributed by atoms with Crippen molar-refractivity contribution < 1.29 is 18.0 Å². The van der Waals surface area contributed by atoms with Crippen LogP contribution in [0.15, 0.2) is 42.6 Å². The molecule has 1 atom stereocenters. The Morgan fingerprint density at radius 3 is 2.71 bits per heavy atom. The van der Waals surface area contributed by atoms with Crippen LogP contribution >= 0.6 is 23.1 Å². The highest BCUT2D eigenvalue weighted by atomic mass is 35.5. The minimum Gasteiger partial charge on any atom is -0.345 e. The zero-order chi connectivity index (χ0) is 22.0. The first-order valence-electron chi connectivity index (χ1n) is 9.73. The third-order valence-electron chi connectivity index (χ3n) is 5.12. The predicted octanol–water partition coefficient (Wildman–Crippen LogP) is 5.44. The Hall–Kier alpha value is -2.52. The molecule has 3 heterocycles. The van der Waals surface area contributed by atoms with Crippen LogP contribution in [0.5, 0.6) is 0 Å². The number of hydrogen-bond acceptors (Lipinski definition) is 6. The van der Waals surface area contributed by atoms with E-state index in [0.29, 0.717) is 23.8 Å². The molecule has 0 radical (unpaired) electrons. The summed E-state index contributed by atoms with van der Waals surface area (Å²) in [6.45, 7) is 0.500. The number of carbonyl (C=O) groups is 1. The molecule has 31 heavy (non-hydrogen) atoms. The molecule has 2 aromatic heterocycles. The molecule has 0 aliphatic carbocycles. The summed E-state index contributed by atoms with van der Waals surface area (Å²) in [5, 5.41) is 0.484. The lowest BCUT2D eigenvalue weighted by molar-refractivity contribution is -0.137. The smallest absolute Gasteiger partial charge is 0.345 e. The van der Waals surface area contributed by atoms with E-state index < -0.39 is 17.8 Å². The number of benzene rings is 1. The quantitative estimate of drug-likeness (QED) is 0.501. The average Bonchev–Trinajstić information content (AvgIpc) is 3.22. The molecule has 1 saturated heterocycles. The van der Waals surface area contributed by atoms with Crippen molar-refractivity contribution in [2.75, 3.05) is 11.4 Å². The maximum absolute atomic E-state index is 13.1. The van der Waals surface area contributed by atoms with Crippen LogP contribution < -0.4 is 4.90 Å². The van der Waals surface area contributed by atoms with E-state index in [-0.39, 0.29) is 23.0 Å². The molecular weight excluding hydrogens is 449 g/mol. The predicted molar refractivity (Wildman–Crippen MR) is 113 cm³/mol. The monoisotopic (exact) mass is 466 g/mol. The van der Waals surface area contributed by atoms with E-state index in [0.717, 1.165) is 30.7 Å². The molecule has 4 rings (SSSR count). The van der Waals surface area contributed by atoms with Gasteiger partial charge in [-0.05, 0) is 36.9 Å². The largest absolute Gasteiger partial charge is 0.417 e. The second kappa shape index (κ2) is 8.92. The Morgan fingerprint density at radius 1 is 1.23 bits per heavy atom. The minimum absolute atomic E-state index is 0.0757. The summed E-state index contributed by atoms with van der Waals surface area (Å²) in [5.74, 6) is 0.699. The van der Waals surface area contributed by atoms with Crippen molar-refractivity contribution in [3.8, 4) is 11.4 Å².